The van der Waals surface area contributed by atoms with E-state index in [-0.39, 0.29) is 35.7 Å². The highest BCUT2D eigenvalue weighted by atomic mass is 35.5. The Morgan fingerprint density at radius 3 is 2.04 bits per heavy atom. The van der Waals surface area contributed by atoms with E-state index in [9.17, 15) is 26.3 Å². The average Bonchev–Trinajstić information content (AvgIpc) is 2.57. The molecule has 2 rings (SSSR count). The van der Waals surface area contributed by atoms with E-state index in [1.165, 1.54) is 0 Å². The molecule has 1 aliphatic heterocycles. The van der Waals surface area contributed by atoms with E-state index in [0.717, 1.165) is 7.11 Å². The molecule has 28 heavy (non-hydrogen) atoms. The van der Waals surface area contributed by atoms with Crippen molar-refractivity contribution in [2.24, 2.45) is 5.92 Å². The number of methoxy groups -OCH3 is 1. The number of nitrogens with zero attached hydrogens (tertiary/aromatic N) is 1. The Balaban J connectivity index is 0.00000392. The molecule has 0 bridgehead atoms. The zero-order valence-electron chi connectivity index (χ0n) is 15.9. The van der Waals surface area contributed by atoms with Crippen molar-refractivity contribution in [2.75, 3.05) is 33.3 Å². The van der Waals surface area contributed by atoms with E-state index in [1.807, 2.05) is 18.7 Å². The first-order valence-corrected chi connectivity index (χ1v) is 8.76. The number of hydrogen-bond acceptors (Lipinski definition) is 3. The van der Waals surface area contributed by atoms with Gasteiger partial charge in [-0.05, 0) is 24.5 Å². The fourth-order valence-electron chi connectivity index (χ4n) is 3.43. The molecule has 3 nitrogen and oxygen atoms in total. The number of halogens is 7. The molecule has 0 amide bonds. The lowest BCUT2D eigenvalue weighted by molar-refractivity contribution is -0.144. The number of nitrogens with one attached hydrogen (secondary N) is 1. The highest BCUT2D eigenvalue weighted by molar-refractivity contribution is 5.85. The summed E-state index contributed by atoms with van der Waals surface area (Å²) in [5.74, 6) is -0.320. The molecule has 1 N–H and O–H groups in total. The number of piperazine rings is 1. The third kappa shape index (κ3) is 5.90. The monoisotopic (exact) mass is 434 g/mol. The van der Waals surface area contributed by atoms with Crippen LogP contribution in [0, 0.1) is 5.92 Å². The Morgan fingerprint density at radius 1 is 1.04 bits per heavy atom. The topological polar surface area (TPSA) is 24.5 Å². The standard InChI is InChI=1S/C18H24F6N2O.ClH/c1-11(2)8-14(26-6-4-25-5-7-26)16-13(18(22,23)24)9-12(17(19,20)21)10-15(16)27-3;/h9-11,14,25H,4-8H2,1-3H3;1H/t14-;/m0./s1. The third-order valence-corrected chi connectivity index (χ3v) is 4.61. The van der Waals surface area contributed by atoms with Gasteiger partial charge in [0.15, 0.2) is 0 Å². The maximum Gasteiger partial charge on any atom is 0.416 e. The molecule has 1 heterocycles. The third-order valence-electron chi connectivity index (χ3n) is 4.61. The number of benzene rings is 1. The summed E-state index contributed by atoms with van der Waals surface area (Å²) in [5.41, 5.74) is -2.86. The van der Waals surface area contributed by atoms with Crippen molar-refractivity contribution in [3.63, 3.8) is 0 Å². The molecule has 0 spiro atoms. The van der Waals surface area contributed by atoms with Crippen molar-refractivity contribution >= 4 is 12.4 Å². The van der Waals surface area contributed by atoms with E-state index in [4.69, 9.17) is 4.74 Å². The Hall–Kier alpha value is -1.19. The summed E-state index contributed by atoms with van der Waals surface area (Å²) in [4.78, 5) is 1.89. The first kappa shape index (κ1) is 24.8. The molecule has 10 heteroatoms. The van der Waals surface area contributed by atoms with Crippen LogP contribution in [0.1, 0.15) is 43.0 Å². The molecular weight excluding hydrogens is 410 g/mol. The van der Waals surface area contributed by atoms with Crippen molar-refractivity contribution in [1.29, 1.82) is 0 Å². The lowest BCUT2D eigenvalue weighted by Crippen LogP contribution is -2.45. The molecule has 1 aliphatic rings. The van der Waals surface area contributed by atoms with Gasteiger partial charge in [0.25, 0.3) is 0 Å². The summed E-state index contributed by atoms with van der Waals surface area (Å²) in [6.45, 7) is 5.99. The highest BCUT2D eigenvalue weighted by Gasteiger charge is 2.42. The molecule has 0 aliphatic carbocycles. The van der Waals surface area contributed by atoms with Crippen molar-refractivity contribution in [3.8, 4) is 5.75 Å². The highest BCUT2D eigenvalue weighted by Crippen LogP contribution is 2.46. The molecule has 0 radical (unpaired) electrons. The van der Waals surface area contributed by atoms with Gasteiger partial charge in [-0.15, -0.1) is 12.4 Å². The van der Waals surface area contributed by atoms with Crippen LogP contribution in [-0.4, -0.2) is 38.2 Å². The number of rotatable bonds is 5. The van der Waals surface area contributed by atoms with Crippen molar-refractivity contribution in [1.82, 2.24) is 10.2 Å². The van der Waals surface area contributed by atoms with Gasteiger partial charge in [-0.3, -0.25) is 4.90 Å². The molecule has 0 unspecified atom stereocenters. The van der Waals surface area contributed by atoms with Crippen LogP contribution in [0.25, 0.3) is 0 Å². The van der Waals surface area contributed by atoms with Crippen LogP contribution < -0.4 is 10.1 Å². The van der Waals surface area contributed by atoms with Crippen LogP contribution in [-0.2, 0) is 12.4 Å². The van der Waals surface area contributed by atoms with Crippen LogP contribution in [0.2, 0.25) is 0 Å². The Bertz CT molecular complexity index is 642. The number of hydrogen-bond donors (Lipinski definition) is 1. The van der Waals surface area contributed by atoms with E-state index >= 15 is 0 Å². The van der Waals surface area contributed by atoms with Crippen LogP contribution >= 0.6 is 12.4 Å². The maximum absolute atomic E-state index is 13.7. The lowest BCUT2D eigenvalue weighted by atomic mass is 9.89. The summed E-state index contributed by atoms with van der Waals surface area (Å²) in [6.07, 6.45) is -9.44. The normalized spacial score (nSPS) is 17.4. The smallest absolute Gasteiger partial charge is 0.416 e. The van der Waals surface area contributed by atoms with Crippen molar-refractivity contribution in [2.45, 2.75) is 38.7 Å². The fraction of sp³-hybridized carbons (Fsp3) is 0.667. The summed E-state index contributed by atoms with van der Waals surface area (Å²) in [6, 6.07) is 0.189. The maximum atomic E-state index is 13.7. The second-order valence-electron chi connectivity index (χ2n) is 7.07. The Kier molecular flexibility index (Phi) is 8.47. The Morgan fingerprint density at radius 2 is 1.61 bits per heavy atom. The first-order valence-electron chi connectivity index (χ1n) is 8.76. The molecule has 1 atom stereocenters. The van der Waals surface area contributed by atoms with Crippen LogP contribution in [0.5, 0.6) is 5.75 Å². The van der Waals surface area contributed by atoms with Gasteiger partial charge in [0.05, 0.1) is 18.2 Å². The largest absolute Gasteiger partial charge is 0.496 e. The molecule has 0 aromatic heterocycles. The quantitative estimate of drug-likeness (QED) is 0.649. The van der Waals surface area contributed by atoms with Crippen molar-refractivity contribution in [3.05, 3.63) is 28.8 Å². The van der Waals surface area contributed by atoms with Gasteiger partial charge < -0.3 is 10.1 Å². The Labute approximate surface area is 166 Å². The molecule has 1 fully saturated rings. The van der Waals surface area contributed by atoms with E-state index < -0.39 is 29.5 Å². The minimum Gasteiger partial charge on any atom is -0.496 e. The second-order valence-corrected chi connectivity index (χ2v) is 7.07. The van der Waals surface area contributed by atoms with Crippen LogP contribution in [0.4, 0.5) is 26.3 Å². The molecule has 0 saturated carbocycles. The summed E-state index contributed by atoms with van der Waals surface area (Å²) in [7, 11) is 1.10. The fourth-order valence-corrected chi connectivity index (χ4v) is 3.43. The summed E-state index contributed by atoms with van der Waals surface area (Å²) in [5, 5.41) is 3.13. The van der Waals surface area contributed by atoms with Gasteiger partial charge in [0.2, 0.25) is 0 Å². The minimum absolute atomic E-state index is 0. The summed E-state index contributed by atoms with van der Waals surface area (Å²) < 4.78 is 85.6. The molecule has 1 aromatic rings. The zero-order valence-corrected chi connectivity index (χ0v) is 16.7. The van der Waals surface area contributed by atoms with Gasteiger partial charge in [-0.25, -0.2) is 0 Å². The number of alkyl halides is 6. The molecule has 1 saturated heterocycles. The molecule has 162 valence electrons. The average molecular weight is 435 g/mol. The van der Waals surface area contributed by atoms with Crippen LogP contribution in [0.15, 0.2) is 12.1 Å². The molecular formula is C18H25ClF6N2O. The van der Waals surface area contributed by atoms with Gasteiger partial charge >= 0.3 is 12.4 Å². The minimum atomic E-state index is -4.92. The van der Waals surface area contributed by atoms with Gasteiger partial charge in [-0.2, -0.15) is 26.3 Å². The van der Waals surface area contributed by atoms with Crippen LogP contribution in [0.3, 0.4) is 0 Å². The van der Waals surface area contributed by atoms with Gasteiger partial charge in [0, 0.05) is 37.8 Å². The van der Waals surface area contributed by atoms with Gasteiger partial charge in [-0.1, -0.05) is 13.8 Å². The zero-order chi connectivity index (χ0) is 20.4. The van der Waals surface area contributed by atoms with Gasteiger partial charge in [0.1, 0.15) is 5.75 Å². The molecule has 1 aromatic carbocycles. The van der Waals surface area contributed by atoms with Crippen molar-refractivity contribution < 1.29 is 31.1 Å². The predicted molar refractivity (Wildman–Crippen MR) is 96.9 cm³/mol. The SMILES string of the molecule is COc1cc(C(F)(F)F)cc(C(F)(F)F)c1[C@H](CC(C)C)N1CCNCC1.Cl. The van der Waals surface area contributed by atoms with E-state index in [1.54, 1.807) is 0 Å². The van der Waals surface area contributed by atoms with E-state index in [0.29, 0.717) is 38.7 Å². The van der Waals surface area contributed by atoms with E-state index in [2.05, 4.69) is 5.32 Å². The lowest BCUT2D eigenvalue weighted by Gasteiger charge is -2.38. The first-order chi connectivity index (χ1) is 12.4. The number of ether oxygens (including phenoxy) is 1. The second kappa shape index (κ2) is 9.54. The predicted octanol–water partition coefficient (Wildman–Crippen LogP) is 5.15. The summed E-state index contributed by atoms with van der Waals surface area (Å²) >= 11 is 0.